The summed E-state index contributed by atoms with van der Waals surface area (Å²) in [5.74, 6) is -0.379. The maximum absolute atomic E-state index is 12.1. The normalized spacial score (nSPS) is 10.4. The van der Waals surface area contributed by atoms with E-state index in [1.165, 1.54) is 0 Å². The van der Waals surface area contributed by atoms with Gasteiger partial charge in [0.25, 0.3) is 5.91 Å². The van der Waals surface area contributed by atoms with E-state index in [2.05, 4.69) is 15.6 Å². The molecule has 0 unspecified atom stereocenters. The molecule has 2 amide bonds. The van der Waals surface area contributed by atoms with E-state index in [0.717, 1.165) is 5.69 Å². The lowest BCUT2D eigenvalue weighted by molar-refractivity contribution is -0.118. The van der Waals surface area contributed by atoms with Crippen molar-refractivity contribution in [3.05, 3.63) is 53.9 Å². The summed E-state index contributed by atoms with van der Waals surface area (Å²) in [7, 11) is 0. The van der Waals surface area contributed by atoms with Gasteiger partial charge in [-0.05, 0) is 43.3 Å². The van der Waals surface area contributed by atoms with Gasteiger partial charge in [0, 0.05) is 23.0 Å². The maximum Gasteiger partial charge on any atom is 0.274 e. The van der Waals surface area contributed by atoms with Gasteiger partial charge in [0.05, 0.1) is 0 Å². The van der Waals surface area contributed by atoms with E-state index in [4.69, 9.17) is 0 Å². The molecule has 0 aliphatic rings. The fraction of sp³-hybridized carbons (Fsp3) is 0.235. The molecular weight excluding hydrogens is 278 g/mol. The standard InChI is InChI=1S/C17H19N3O2/c1-11(2)16(21)19-13-7-9-14(10-8-13)20-17(22)15-6-4-5-12(3)18-15/h4-11H,1-3H3,(H,19,21)(H,20,22). The van der Waals surface area contributed by atoms with Crippen LogP contribution in [-0.2, 0) is 4.79 Å². The lowest BCUT2D eigenvalue weighted by atomic mass is 10.2. The van der Waals surface area contributed by atoms with Crippen LogP contribution in [0.3, 0.4) is 0 Å². The number of pyridine rings is 1. The number of benzene rings is 1. The van der Waals surface area contributed by atoms with E-state index in [1.807, 2.05) is 26.8 Å². The topological polar surface area (TPSA) is 71.1 Å². The zero-order valence-corrected chi connectivity index (χ0v) is 12.9. The molecule has 1 aromatic heterocycles. The first kappa shape index (κ1) is 15.7. The number of anilines is 2. The minimum absolute atomic E-state index is 0.0410. The van der Waals surface area contributed by atoms with Crippen molar-refractivity contribution in [2.24, 2.45) is 5.92 Å². The third kappa shape index (κ3) is 4.15. The van der Waals surface area contributed by atoms with Crippen LogP contribution < -0.4 is 10.6 Å². The fourth-order valence-electron chi connectivity index (χ4n) is 1.79. The Labute approximate surface area is 129 Å². The minimum atomic E-state index is -0.261. The molecule has 2 N–H and O–H groups in total. The average Bonchev–Trinajstić information content (AvgIpc) is 2.49. The van der Waals surface area contributed by atoms with Crippen LogP contribution in [0.1, 0.15) is 30.0 Å². The Balaban J connectivity index is 2.02. The molecule has 2 aromatic rings. The molecule has 0 spiro atoms. The van der Waals surface area contributed by atoms with E-state index < -0.39 is 0 Å². The summed E-state index contributed by atoms with van der Waals surface area (Å²) in [4.78, 5) is 27.9. The zero-order valence-electron chi connectivity index (χ0n) is 12.9. The van der Waals surface area contributed by atoms with Crippen LogP contribution in [-0.4, -0.2) is 16.8 Å². The van der Waals surface area contributed by atoms with Crippen LogP contribution in [0, 0.1) is 12.8 Å². The van der Waals surface area contributed by atoms with E-state index in [9.17, 15) is 9.59 Å². The van der Waals surface area contributed by atoms with E-state index in [0.29, 0.717) is 17.1 Å². The average molecular weight is 297 g/mol. The summed E-state index contributed by atoms with van der Waals surface area (Å²) in [6, 6.07) is 12.3. The summed E-state index contributed by atoms with van der Waals surface area (Å²) in [5, 5.41) is 5.57. The van der Waals surface area contributed by atoms with Crippen LogP contribution in [0.4, 0.5) is 11.4 Å². The number of aromatic nitrogens is 1. The van der Waals surface area contributed by atoms with Crippen LogP contribution in [0.15, 0.2) is 42.5 Å². The van der Waals surface area contributed by atoms with E-state index in [-0.39, 0.29) is 17.7 Å². The predicted molar refractivity (Wildman–Crippen MR) is 86.8 cm³/mol. The molecule has 0 radical (unpaired) electrons. The first-order valence-corrected chi connectivity index (χ1v) is 7.11. The van der Waals surface area contributed by atoms with Gasteiger partial charge in [0.15, 0.2) is 0 Å². The Morgan fingerprint density at radius 2 is 1.55 bits per heavy atom. The van der Waals surface area contributed by atoms with Crippen molar-refractivity contribution >= 4 is 23.2 Å². The molecule has 2 rings (SSSR count). The summed E-state index contributed by atoms with van der Waals surface area (Å²) in [6.07, 6.45) is 0. The second kappa shape index (κ2) is 6.85. The first-order valence-electron chi connectivity index (χ1n) is 7.11. The second-order valence-electron chi connectivity index (χ2n) is 5.34. The van der Waals surface area contributed by atoms with Gasteiger partial charge in [-0.25, -0.2) is 4.98 Å². The van der Waals surface area contributed by atoms with Gasteiger partial charge < -0.3 is 10.6 Å². The van der Waals surface area contributed by atoms with Crippen molar-refractivity contribution in [1.29, 1.82) is 0 Å². The Hall–Kier alpha value is -2.69. The third-order valence-corrected chi connectivity index (χ3v) is 3.06. The zero-order chi connectivity index (χ0) is 16.1. The molecule has 1 heterocycles. The number of carbonyl (C=O) groups excluding carboxylic acids is 2. The van der Waals surface area contributed by atoms with Gasteiger partial charge in [-0.15, -0.1) is 0 Å². The number of nitrogens with zero attached hydrogens (tertiary/aromatic N) is 1. The largest absolute Gasteiger partial charge is 0.326 e. The van der Waals surface area contributed by atoms with E-state index in [1.54, 1.807) is 36.4 Å². The molecule has 0 bridgehead atoms. The number of carbonyl (C=O) groups is 2. The second-order valence-corrected chi connectivity index (χ2v) is 5.34. The van der Waals surface area contributed by atoms with Crippen molar-refractivity contribution in [2.45, 2.75) is 20.8 Å². The molecule has 0 aliphatic carbocycles. The smallest absolute Gasteiger partial charge is 0.274 e. The molecular formula is C17H19N3O2. The number of rotatable bonds is 4. The predicted octanol–water partition coefficient (Wildman–Crippen LogP) is 3.24. The minimum Gasteiger partial charge on any atom is -0.326 e. The third-order valence-electron chi connectivity index (χ3n) is 3.06. The number of hydrogen-bond donors (Lipinski definition) is 2. The number of hydrogen-bond acceptors (Lipinski definition) is 3. The van der Waals surface area contributed by atoms with Crippen molar-refractivity contribution < 1.29 is 9.59 Å². The van der Waals surface area contributed by atoms with Crippen LogP contribution in [0.25, 0.3) is 0 Å². The number of aryl methyl sites for hydroxylation is 1. The lowest BCUT2D eigenvalue weighted by Gasteiger charge is -2.09. The molecule has 0 saturated carbocycles. The summed E-state index contributed by atoms with van der Waals surface area (Å²) in [5.41, 5.74) is 2.51. The summed E-state index contributed by atoms with van der Waals surface area (Å²) in [6.45, 7) is 5.50. The molecule has 22 heavy (non-hydrogen) atoms. The summed E-state index contributed by atoms with van der Waals surface area (Å²) >= 11 is 0. The molecule has 0 atom stereocenters. The van der Waals surface area contributed by atoms with Gasteiger partial charge in [-0.3, -0.25) is 9.59 Å². The van der Waals surface area contributed by atoms with Gasteiger partial charge in [0.1, 0.15) is 5.69 Å². The Bertz CT molecular complexity index is 679. The molecule has 0 aliphatic heterocycles. The van der Waals surface area contributed by atoms with Gasteiger partial charge in [-0.2, -0.15) is 0 Å². The monoisotopic (exact) mass is 297 g/mol. The SMILES string of the molecule is Cc1cccc(C(=O)Nc2ccc(NC(=O)C(C)C)cc2)n1. The quantitative estimate of drug-likeness (QED) is 0.910. The highest BCUT2D eigenvalue weighted by Crippen LogP contribution is 2.15. The maximum atomic E-state index is 12.1. The lowest BCUT2D eigenvalue weighted by Crippen LogP contribution is -2.17. The number of nitrogens with one attached hydrogen (secondary N) is 2. The molecule has 0 saturated heterocycles. The van der Waals surface area contributed by atoms with Crippen LogP contribution >= 0.6 is 0 Å². The first-order chi connectivity index (χ1) is 10.5. The molecule has 5 heteroatoms. The molecule has 114 valence electrons. The highest BCUT2D eigenvalue weighted by Gasteiger charge is 2.09. The van der Waals surface area contributed by atoms with Crippen LogP contribution in [0.2, 0.25) is 0 Å². The van der Waals surface area contributed by atoms with Crippen molar-refractivity contribution in [3.8, 4) is 0 Å². The highest BCUT2D eigenvalue weighted by atomic mass is 16.2. The van der Waals surface area contributed by atoms with Crippen molar-refractivity contribution in [2.75, 3.05) is 10.6 Å². The Morgan fingerprint density at radius 1 is 0.955 bits per heavy atom. The summed E-state index contributed by atoms with van der Waals surface area (Å²) < 4.78 is 0. The van der Waals surface area contributed by atoms with Crippen molar-refractivity contribution in [3.63, 3.8) is 0 Å². The Morgan fingerprint density at radius 3 is 2.09 bits per heavy atom. The molecule has 0 fully saturated rings. The van der Waals surface area contributed by atoms with Crippen LogP contribution in [0.5, 0.6) is 0 Å². The fourth-order valence-corrected chi connectivity index (χ4v) is 1.79. The van der Waals surface area contributed by atoms with Crippen molar-refractivity contribution in [1.82, 2.24) is 4.98 Å². The van der Waals surface area contributed by atoms with Gasteiger partial charge in [0.2, 0.25) is 5.91 Å². The van der Waals surface area contributed by atoms with E-state index >= 15 is 0 Å². The molecule has 5 nitrogen and oxygen atoms in total. The van der Waals surface area contributed by atoms with Gasteiger partial charge >= 0.3 is 0 Å². The van der Waals surface area contributed by atoms with Gasteiger partial charge in [-0.1, -0.05) is 19.9 Å². The Kier molecular flexibility index (Phi) is 4.88. The number of amides is 2. The molecule has 1 aromatic carbocycles. The highest BCUT2D eigenvalue weighted by molar-refractivity contribution is 6.03.